The van der Waals surface area contributed by atoms with Crippen LogP contribution in [0, 0.1) is 0 Å². The van der Waals surface area contributed by atoms with Crippen molar-refractivity contribution in [3.8, 4) is 0 Å². The molecule has 0 atom stereocenters. The predicted octanol–water partition coefficient (Wildman–Crippen LogP) is 3.25. The maximum absolute atomic E-state index is 2.36. The van der Waals surface area contributed by atoms with Gasteiger partial charge in [0, 0.05) is 0 Å². The fourth-order valence-corrected chi connectivity index (χ4v) is 6.08. The Bertz CT molecular complexity index is 420. The minimum atomic E-state index is -1.14. The van der Waals surface area contributed by atoms with Gasteiger partial charge in [0.25, 0.3) is 0 Å². The summed E-state index contributed by atoms with van der Waals surface area (Å²) in [6.07, 6.45) is 0. The Hall–Kier alpha value is -1.05. The smallest absolute Gasteiger partial charge is 0.108 e. The van der Waals surface area contributed by atoms with Crippen LogP contribution in [0.4, 0.5) is 0 Å². The molecule has 2 aromatic rings. The van der Waals surface area contributed by atoms with Gasteiger partial charge in [0.2, 0.25) is 0 Å². The molecule has 2 rings (SSSR count). The molecule has 0 saturated carbocycles. The average Bonchev–Trinajstić information content (AvgIpc) is 2.30. The van der Waals surface area contributed by atoms with Crippen molar-refractivity contribution in [2.24, 2.45) is 0 Å². The van der Waals surface area contributed by atoms with Crippen LogP contribution in [0.5, 0.6) is 0 Å². The van der Waals surface area contributed by atoms with Crippen LogP contribution in [-0.2, 0) is 0 Å². The van der Waals surface area contributed by atoms with Gasteiger partial charge in [-0.2, -0.15) is 0 Å². The summed E-state index contributed by atoms with van der Waals surface area (Å²) in [6, 6.07) is 22.0. The minimum Gasteiger partial charge on any atom is -0.147 e. The topological polar surface area (TPSA) is 0 Å². The largest absolute Gasteiger partial charge is 0.147 e. The predicted molar refractivity (Wildman–Crippen MR) is 86.3 cm³/mol. The van der Waals surface area contributed by atoms with E-state index in [1.54, 1.807) is 0 Å². The van der Waals surface area contributed by atoms with Crippen LogP contribution in [0.1, 0.15) is 20.8 Å². The molecule has 0 heterocycles. The molecule has 0 amide bonds. The van der Waals surface area contributed by atoms with Gasteiger partial charge in [-0.3, -0.25) is 0 Å². The van der Waals surface area contributed by atoms with Crippen molar-refractivity contribution in [2.75, 3.05) is 0 Å². The average molecular weight is 277 g/mol. The van der Waals surface area contributed by atoms with Gasteiger partial charge in [-0.05, 0) is 5.04 Å². The first kappa shape index (κ1) is 15.0. The van der Waals surface area contributed by atoms with Gasteiger partial charge < -0.3 is 0 Å². The van der Waals surface area contributed by atoms with Gasteiger partial charge in [0.05, 0.1) is 0 Å². The van der Waals surface area contributed by atoms with E-state index < -0.39 is 8.80 Å². The molecule has 0 fully saturated rings. The van der Waals surface area contributed by atoms with E-state index in [4.69, 9.17) is 0 Å². The molecule has 18 heavy (non-hydrogen) atoms. The zero-order chi connectivity index (χ0) is 12.3. The Morgan fingerprint density at radius 2 is 1.00 bits per heavy atom. The second kappa shape index (κ2) is 6.21. The fraction of sp³-hybridized carbons (Fsp3) is 0.250. The van der Waals surface area contributed by atoms with E-state index in [1.165, 1.54) is 10.4 Å². The van der Waals surface area contributed by atoms with Gasteiger partial charge in [-0.25, -0.2) is 0 Å². The molecule has 2 aromatic carbocycles. The minimum absolute atomic E-state index is 0. The Balaban J connectivity index is 0.00000162. The Morgan fingerprint density at radius 3 is 1.28 bits per heavy atom. The summed E-state index contributed by atoms with van der Waals surface area (Å²) in [5, 5.41) is 3.43. The molecular weight excluding hydrogens is 256 g/mol. The third-order valence-electron chi connectivity index (χ3n) is 3.13. The summed E-state index contributed by atoms with van der Waals surface area (Å²) in [5.74, 6) is 0. The lowest BCUT2D eigenvalue weighted by Gasteiger charge is -2.30. The SMILES string of the molecule is CC(C)(C)[SiH](c1ccccc1)c1ccccc1.Cl. The number of hydrogen-bond acceptors (Lipinski definition) is 0. The highest BCUT2D eigenvalue weighted by molar-refractivity contribution is 6.87. The summed E-state index contributed by atoms with van der Waals surface area (Å²) in [7, 11) is -1.14. The molecule has 0 aliphatic carbocycles. The van der Waals surface area contributed by atoms with Gasteiger partial charge >= 0.3 is 0 Å². The van der Waals surface area contributed by atoms with Crippen molar-refractivity contribution in [2.45, 2.75) is 25.8 Å². The molecule has 0 nitrogen and oxygen atoms in total. The highest BCUT2D eigenvalue weighted by Gasteiger charge is 2.29. The van der Waals surface area contributed by atoms with E-state index >= 15 is 0 Å². The highest BCUT2D eigenvalue weighted by atomic mass is 35.5. The molecule has 0 aromatic heterocycles. The second-order valence-corrected chi connectivity index (χ2v) is 9.55. The Labute approximate surface area is 118 Å². The Kier molecular flexibility index (Phi) is 5.18. The molecule has 0 aliphatic heterocycles. The number of benzene rings is 2. The zero-order valence-electron chi connectivity index (χ0n) is 11.3. The van der Waals surface area contributed by atoms with E-state index in [0.717, 1.165) is 0 Å². The summed E-state index contributed by atoms with van der Waals surface area (Å²) >= 11 is 0. The molecule has 2 heteroatoms. The summed E-state index contributed by atoms with van der Waals surface area (Å²) < 4.78 is 0. The first-order valence-electron chi connectivity index (χ1n) is 6.19. The normalized spacial score (nSPS) is 11.1. The van der Waals surface area contributed by atoms with E-state index in [-0.39, 0.29) is 12.4 Å². The van der Waals surface area contributed by atoms with Gasteiger partial charge in [-0.15, -0.1) is 12.4 Å². The van der Waals surface area contributed by atoms with Gasteiger partial charge in [0.15, 0.2) is 0 Å². The summed E-state index contributed by atoms with van der Waals surface area (Å²) in [6.45, 7) is 7.09. The molecule has 0 saturated heterocycles. The standard InChI is InChI=1S/C16H20Si.ClH/c1-16(2,3)17(14-10-6-4-7-11-14)15-12-8-5-9-13-15;/h4-13,17H,1-3H3;1H. The molecule has 0 aliphatic rings. The van der Waals surface area contributed by atoms with E-state index in [2.05, 4.69) is 81.4 Å². The molecule has 0 N–H and O–H groups in total. The molecule has 0 unspecified atom stereocenters. The Morgan fingerprint density at radius 1 is 0.667 bits per heavy atom. The second-order valence-electron chi connectivity index (χ2n) is 5.62. The molecule has 96 valence electrons. The van der Waals surface area contributed by atoms with Crippen molar-refractivity contribution in [1.82, 2.24) is 0 Å². The summed E-state index contributed by atoms with van der Waals surface area (Å²) in [5.41, 5.74) is 0. The number of halogens is 1. The van der Waals surface area contributed by atoms with E-state index in [9.17, 15) is 0 Å². The molecule has 0 radical (unpaired) electrons. The van der Waals surface area contributed by atoms with Crippen LogP contribution < -0.4 is 10.4 Å². The molecule has 0 bridgehead atoms. The first-order valence-corrected chi connectivity index (χ1v) is 7.92. The van der Waals surface area contributed by atoms with Crippen LogP contribution in [0.25, 0.3) is 0 Å². The van der Waals surface area contributed by atoms with Crippen LogP contribution >= 0.6 is 12.4 Å². The monoisotopic (exact) mass is 276 g/mol. The lowest BCUT2D eigenvalue weighted by molar-refractivity contribution is 0.750. The molecular formula is C16H21ClSi. The first-order chi connectivity index (χ1) is 8.09. The van der Waals surface area contributed by atoms with E-state index in [0.29, 0.717) is 5.04 Å². The maximum Gasteiger partial charge on any atom is 0.108 e. The zero-order valence-corrected chi connectivity index (χ0v) is 13.2. The van der Waals surface area contributed by atoms with Crippen molar-refractivity contribution < 1.29 is 0 Å². The van der Waals surface area contributed by atoms with Crippen molar-refractivity contribution in [3.63, 3.8) is 0 Å². The van der Waals surface area contributed by atoms with Gasteiger partial charge in [0.1, 0.15) is 8.80 Å². The lowest BCUT2D eigenvalue weighted by atomic mass is 10.2. The summed E-state index contributed by atoms with van der Waals surface area (Å²) in [4.78, 5) is 0. The fourth-order valence-electron chi connectivity index (χ4n) is 2.48. The van der Waals surface area contributed by atoms with Crippen molar-refractivity contribution in [1.29, 1.82) is 0 Å². The molecule has 0 spiro atoms. The van der Waals surface area contributed by atoms with Crippen LogP contribution in [0.3, 0.4) is 0 Å². The van der Waals surface area contributed by atoms with Gasteiger partial charge in [-0.1, -0.05) is 91.8 Å². The van der Waals surface area contributed by atoms with Crippen molar-refractivity contribution >= 4 is 31.6 Å². The highest BCUT2D eigenvalue weighted by Crippen LogP contribution is 2.26. The van der Waals surface area contributed by atoms with E-state index in [1.807, 2.05) is 0 Å². The van der Waals surface area contributed by atoms with Crippen LogP contribution in [0.2, 0.25) is 5.04 Å². The maximum atomic E-state index is 2.36. The third kappa shape index (κ3) is 3.47. The van der Waals surface area contributed by atoms with Crippen LogP contribution in [-0.4, -0.2) is 8.80 Å². The number of rotatable bonds is 2. The number of hydrogen-bond donors (Lipinski definition) is 0. The lowest BCUT2D eigenvalue weighted by Crippen LogP contribution is -2.48. The quantitative estimate of drug-likeness (QED) is 0.739. The third-order valence-corrected chi connectivity index (χ3v) is 6.97. The van der Waals surface area contributed by atoms with Crippen molar-refractivity contribution in [3.05, 3.63) is 60.7 Å². The van der Waals surface area contributed by atoms with Crippen LogP contribution in [0.15, 0.2) is 60.7 Å².